The summed E-state index contributed by atoms with van der Waals surface area (Å²) in [5, 5.41) is 30.5. The molecular formula is C26H36O5. The maximum Gasteiger partial charge on any atom is 0.119 e. The topological polar surface area (TPSA) is 79.2 Å². The van der Waals surface area contributed by atoms with Crippen molar-refractivity contribution in [2.75, 3.05) is 0 Å². The van der Waals surface area contributed by atoms with Crippen molar-refractivity contribution in [2.45, 2.75) is 90.0 Å². The zero-order valence-corrected chi connectivity index (χ0v) is 19.0. The van der Waals surface area contributed by atoms with E-state index in [-0.39, 0.29) is 6.10 Å². The van der Waals surface area contributed by atoms with Crippen LogP contribution in [-0.2, 0) is 11.2 Å². The van der Waals surface area contributed by atoms with Crippen molar-refractivity contribution in [3.05, 3.63) is 64.7 Å². The molecule has 0 aromatic heterocycles. The Bertz CT molecular complexity index is 834. The number of benzene rings is 2. The fourth-order valence-corrected chi connectivity index (χ4v) is 4.15. The summed E-state index contributed by atoms with van der Waals surface area (Å²) in [7, 11) is 0. The van der Waals surface area contributed by atoms with Crippen LogP contribution >= 0.6 is 0 Å². The van der Waals surface area contributed by atoms with Gasteiger partial charge in [-0.2, -0.15) is 0 Å². The molecule has 170 valence electrons. The van der Waals surface area contributed by atoms with Gasteiger partial charge in [-0.05, 0) is 67.5 Å². The molecule has 1 aliphatic heterocycles. The molecule has 0 radical (unpaired) electrons. The minimum atomic E-state index is -1.23. The molecule has 1 fully saturated rings. The molecule has 1 saturated heterocycles. The van der Waals surface area contributed by atoms with E-state index in [0.29, 0.717) is 0 Å². The molecule has 1 heterocycles. The summed E-state index contributed by atoms with van der Waals surface area (Å²) in [6.45, 7) is 8.09. The van der Waals surface area contributed by atoms with Crippen LogP contribution in [0.3, 0.4) is 0 Å². The van der Waals surface area contributed by atoms with Crippen molar-refractivity contribution in [2.24, 2.45) is 0 Å². The van der Waals surface area contributed by atoms with E-state index in [0.717, 1.165) is 48.1 Å². The Hall–Kier alpha value is -1.92. The molecule has 3 rings (SSSR count). The largest absolute Gasteiger partial charge is 0.490 e. The van der Waals surface area contributed by atoms with Crippen LogP contribution in [0.1, 0.15) is 68.4 Å². The van der Waals surface area contributed by atoms with Gasteiger partial charge in [-0.15, -0.1) is 0 Å². The quantitative estimate of drug-likeness (QED) is 0.590. The number of aliphatic hydroxyl groups excluding tert-OH is 3. The molecule has 2 aromatic carbocycles. The standard InChI is InChI=1S/C26H36O5/c1-5-7-21(6-2)31-22-12-9-18(10-13-22)14-20-15-19(11-8-16(20)3)26-25(29)24(28)23(27)17(4)30-26/h8-13,15,17,21,23-29H,5-7,14H2,1-4H3/t17-,21?,23-,24?,25-,26+/m1/s1. The predicted octanol–water partition coefficient (Wildman–Crippen LogP) is 4.09. The fraction of sp³-hybridized carbons (Fsp3) is 0.538. The number of aliphatic hydroxyl groups is 3. The molecule has 0 bridgehead atoms. The molecule has 31 heavy (non-hydrogen) atoms. The molecule has 3 N–H and O–H groups in total. The van der Waals surface area contributed by atoms with Crippen molar-refractivity contribution in [1.82, 2.24) is 0 Å². The number of rotatable bonds is 8. The van der Waals surface area contributed by atoms with E-state index in [9.17, 15) is 15.3 Å². The Balaban J connectivity index is 1.74. The van der Waals surface area contributed by atoms with Gasteiger partial charge in [0.05, 0.1) is 12.2 Å². The molecule has 5 heteroatoms. The van der Waals surface area contributed by atoms with Crippen LogP contribution < -0.4 is 4.74 Å². The minimum Gasteiger partial charge on any atom is -0.490 e. The predicted molar refractivity (Wildman–Crippen MR) is 121 cm³/mol. The van der Waals surface area contributed by atoms with Gasteiger partial charge < -0.3 is 24.8 Å². The van der Waals surface area contributed by atoms with Crippen LogP contribution in [0.2, 0.25) is 0 Å². The van der Waals surface area contributed by atoms with Crippen LogP contribution in [0.4, 0.5) is 0 Å². The first-order chi connectivity index (χ1) is 14.8. The van der Waals surface area contributed by atoms with E-state index >= 15 is 0 Å². The number of ether oxygens (including phenoxy) is 2. The fourth-order valence-electron chi connectivity index (χ4n) is 4.15. The molecule has 0 saturated carbocycles. The molecule has 6 atom stereocenters. The highest BCUT2D eigenvalue weighted by Crippen LogP contribution is 2.33. The maximum absolute atomic E-state index is 10.4. The first-order valence-corrected chi connectivity index (χ1v) is 11.4. The Morgan fingerprint density at radius 3 is 2.32 bits per heavy atom. The van der Waals surface area contributed by atoms with Gasteiger partial charge in [-0.25, -0.2) is 0 Å². The first-order valence-electron chi connectivity index (χ1n) is 11.4. The summed E-state index contributed by atoms with van der Waals surface area (Å²) in [4.78, 5) is 0. The van der Waals surface area contributed by atoms with E-state index in [1.165, 1.54) is 5.56 Å². The lowest BCUT2D eigenvalue weighted by Crippen LogP contribution is -2.53. The monoisotopic (exact) mass is 428 g/mol. The van der Waals surface area contributed by atoms with E-state index < -0.39 is 30.5 Å². The van der Waals surface area contributed by atoms with Gasteiger partial charge in [0.15, 0.2) is 0 Å². The summed E-state index contributed by atoms with van der Waals surface area (Å²) in [6, 6.07) is 14.2. The highest BCUT2D eigenvalue weighted by molar-refractivity contribution is 5.38. The molecule has 2 aromatic rings. The molecular weight excluding hydrogens is 392 g/mol. The zero-order valence-electron chi connectivity index (χ0n) is 19.0. The van der Waals surface area contributed by atoms with Crippen LogP contribution in [0.15, 0.2) is 42.5 Å². The second-order valence-corrected chi connectivity index (χ2v) is 8.68. The Kier molecular flexibility index (Phi) is 8.11. The van der Waals surface area contributed by atoms with Crippen LogP contribution in [0.5, 0.6) is 5.75 Å². The third-order valence-corrected chi connectivity index (χ3v) is 6.24. The molecule has 0 amide bonds. The number of hydrogen-bond donors (Lipinski definition) is 3. The van der Waals surface area contributed by atoms with Gasteiger partial charge in [-0.3, -0.25) is 0 Å². The average molecular weight is 429 g/mol. The zero-order chi connectivity index (χ0) is 22.5. The Morgan fingerprint density at radius 1 is 0.968 bits per heavy atom. The Morgan fingerprint density at radius 2 is 1.68 bits per heavy atom. The summed E-state index contributed by atoms with van der Waals surface area (Å²) < 4.78 is 11.9. The van der Waals surface area contributed by atoms with E-state index in [1.807, 2.05) is 30.3 Å². The molecule has 0 spiro atoms. The van der Waals surface area contributed by atoms with Gasteiger partial charge in [0.1, 0.15) is 30.2 Å². The van der Waals surface area contributed by atoms with Crippen LogP contribution in [0, 0.1) is 6.92 Å². The average Bonchev–Trinajstić information content (AvgIpc) is 2.77. The maximum atomic E-state index is 10.4. The highest BCUT2D eigenvalue weighted by Gasteiger charge is 2.42. The molecule has 0 aliphatic carbocycles. The lowest BCUT2D eigenvalue weighted by Gasteiger charge is -2.39. The number of hydrogen-bond acceptors (Lipinski definition) is 5. The van der Waals surface area contributed by atoms with Crippen LogP contribution in [0.25, 0.3) is 0 Å². The third kappa shape index (κ3) is 5.66. The number of aryl methyl sites for hydroxylation is 1. The van der Waals surface area contributed by atoms with E-state index in [4.69, 9.17) is 9.47 Å². The first kappa shape index (κ1) is 23.7. The van der Waals surface area contributed by atoms with Gasteiger partial charge in [-0.1, -0.05) is 50.6 Å². The van der Waals surface area contributed by atoms with Crippen molar-refractivity contribution in [3.63, 3.8) is 0 Å². The van der Waals surface area contributed by atoms with Crippen molar-refractivity contribution in [1.29, 1.82) is 0 Å². The summed E-state index contributed by atoms with van der Waals surface area (Å²) >= 11 is 0. The van der Waals surface area contributed by atoms with Gasteiger partial charge in [0.2, 0.25) is 0 Å². The minimum absolute atomic E-state index is 0.257. The second-order valence-electron chi connectivity index (χ2n) is 8.68. The lowest BCUT2D eigenvalue weighted by molar-refractivity contribution is -0.219. The Labute approximate surface area is 185 Å². The van der Waals surface area contributed by atoms with Crippen LogP contribution in [-0.4, -0.2) is 45.8 Å². The summed E-state index contributed by atoms with van der Waals surface area (Å²) in [5.41, 5.74) is 4.26. The summed E-state index contributed by atoms with van der Waals surface area (Å²) in [5.74, 6) is 0.898. The van der Waals surface area contributed by atoms with E-state index in [2.05, 4.69) is 32.9 Å². The highest BCUT2D eigenvalue weighted by atomic mass is 16.5. The SMILES string of the molecule is CCCC(CC)Oc1ccc(Cc2cc([C@@H]3O[C@H](C)[C@@H](O)C(O)[C@H]3O)ccc2C)cc1. The summed E-state index contributed by atoms with van der Waals surface area (Å²) in [6.07, 6.45) is -0.554. The van der Waals surface area contributed by atoms with Gasteiger partial charge >= 0.3 is 0 Å². The molecule has 5 nitrogen and oxygen atoms in total. The third-order valence-electron chi connectivity index (χ3n) is 6.24. The van der Waals surface area contributed by atoms with Crippen molar-refractivity contribution in [3.8, 4) is 5.75 Å². The second kappa shape index (κ2) is 10.6. The van der Waals surface area contributed by atoms with Gasteiger partial charge in [0.25, 0.3) is 0 Å². The van der Waals surface area contributed by atoms with E-state index in [1.54, 1.807) is 6.92 Å². The smallest absolute Gasteiger partial charge is 0.119 e. The normalized spacial score (nSPS) is 27.1. The molecule has 2 unspecified atom stereocenters. The molecule has 1 aliphatic rings. The van der Waals surface area contributed by atoms with Crippen molar-refractivity contribution >= 4 is 0 Å². The van der Waals surface area contributed by atoms with Crippen molar-refractivity contribution < 1.29 is 24.8 Å². The lowest BCUT2D eigenvalue weighted by atomic mass is 9.89. The van der Waals surface area contributed by atoms with Gasteiger partial charge in [0, 0.05) is 0 Å².